The Morgan fingerprint density at radius 3 is 1.75 bits per heavy atom. The number of halogens is 1. The van der Waals surface area contributed by atoms with Crippen molar-refractivity contribution in [2.75, 3.05) is 0 Å². The average Bonchev–Trinajstić information content (AvgIpc) is 1.69. The van der Waals surface area contributed by atoms with Gasteiger partial charge in [-0.1, -0.05) is 41.9 Å². The second-order valence-electron chi connectivity index (χ2n) is 2.24. The van der Waals surface area contributed by atoms with Gasteiger partial charge in [0.2, 0.25) is 0 Å². The summed E-state index contributed by atoms with van der Waals surface area (Å²) in [6.45, 7) is 0. The number of alkyl halides is 1. The molecule has 0 aromatic heterocycles. The van der Waals surface area contributed by atoms with E-state index in [0.29, 0.717) is 0 Å². The molecule has 0 aliphatic heterocycles. The second kappa shape index (κ2) is 5.29. The summed E-state index contributed by atoms with van der Waals surface area (Å²) < 4.78 is 1.01. The summed E-state index contributed by atoms with van der Waals surface area (Å²) in [7, 11) is 0. The lowest BCUT2D eigenvalue weighted by Crippen LogP contribution is -2.02. The van der Waals surface area contributed by atoms with Gasteiger partial charge in [0.15, 0.2) is 0 Å². The molecule has 0 unspecified atom stereocenters. The van der Waals surface area contributed by atoms with Crippen LogP contribution in [-0.4, -0.2) is 27.0 Å². The molecule has 1 aliphatic rings. The van der Waals surface area contributed by atoms with Gasteiger partial charge >= 0.3 is 23.1 Å². The minimum absolute atomic E-state index is 0. The molecule has 1 fully saturated rings. The van der Waals surface area contributed by atoms with E-state index in [-0.39, 0.29) is 23.1 Å². The van der Waals surface area contributed by atoms with Crippen LogP contribution in [0.4, 0.5) is 0 Å². The van der Waals surface area contributed by atoms with Gasteiger partial charge in [-0.3, -0.25) is 0 Å². The Balaban J connectivity index is 0.000000490. The predicted molar refractivity (Wildman–Crippen MR) is 49.4 cm³/mol. The third-order valence-corrected chi connectivity index (χ3v) is 2.78. The van der Waals surface area contributed by atoms with Crippen molar-refractivity contribution in [3.8, 4) is 0 Å². The smallest absolute Gasteiger partial charge is 0.0826 e. The molecule has 2 heteroatoms. The maximum atomic E-state index is 2.56. The first kappa shape index (κ1) is 9.50. The first-order valence-corrected chi connectivity index (χ1v) is 4.28. The zero-order chi connectivity index (χ0) is 5.11. The van der Waals surface area contributed by atoms with Gasteiger partial charge in [0.1, 0.15) is 0 Å². The average molecular weight is 236 g/mol. The zero-order valence-corrected chi connectivity index (χ0v) is 6.65. The molecule has 1 saturated carbocycles. The number of rotatable bonds is 0. The van der Waals surface area contributed by atoms with Crippen molar-refractivity contribution < 1.29 is 0 Å². The molecule has 0 nitrogen and oxygen atoms in total. The molecule has 0 aromatic carbocycles. The fourth-order valence-corrected chi connectivity index (χ4v) is 1.93. The van der Waals surface area contributed by atoms with E-state index in [0.717, 1.165) is 3.92 Å². The van der Waals surface area contributed by atoms with Crippen molar-refractivity contribution >= 4 is 45.6 Å². The molecule has 0 atom stereocenters. The van der Waals surface area contributed by atoms with Crippen LogP contribution >= 0.6 is 22.6 Å². The van der Waals surface area contributed by atoms with Gasteiger partial charge in [0.05, 0.1) is 0 Å². The highest BCUT2D eigenvalue weighted by atomic mass is 127. The lowest BCUT2D eigenvalue weighted by Gasteiger charge is -2.13. The topological polar surface area (TPSA) is 0 Å². The van der Waals surface area contributed by atoms with Crippen LogP contribution in [0.5, 0.6) is 0 Å². The molecule has 46 valence electrons. The van der Waals surface area contributed by atoms with E-state index in [1.165, 1.54) is 32.1 Å². The Kier molecular flexibility index (Phi) is 6.28. The van der Waals surface area contributed by atoms with E-state index < -0.39 is 0 Å². The summed E-state index contributed by atoms with van der Waals surface area (Å²) in [5, 5.41) is 0. The summed E-state index contributed by atoms with van der Waals surface area (Å²) >= 11 is 2.56. The Bertz CT molecular complexity index is 50.5. The Labute approximate surface area is 81.1 Å². The second-order valence-corrected chi connectivity index (χ2v) is 4.00. The molecular weight excluding hydrogens is 223 g/mol. The first-order chi connectivity index (χ1) is 3.39. The lowest BCUT2D eigenvalue weighted by molar-refractivity contribution is 0.528. The van der Waals surface area contributed by atoms with Crippen LogP contribution in [0.2, 0.25) is 0 Å². The fraction of sp³-hybridized carbons (Fsp3) is 1.00. The first-order valence-electron chi connectivity index (χ1n) is 3.03. The van der Waals surface area contributed by atoms with Gasteiger partial charge in [-0.05, 0) is 12.8 Å². The molecular formula is C6H13IMg. The van der Waals surface area contributed by atoms with Crippen molar-refractivity contribution in [3.05, 3.63) is 0 Å². The molecule has 0 saturated heterocycles. The summed E-state index contributed by atoms with van der Waals surface area (Å²) in [5.41, 5.74) is 0. The van der Waals surface area contributed by atoms with Crippen LogP contribution in [0.3, 0.4) is 0 Å². The molecule has 1 rings (SSSR count). The molecule has 0 radical (unpaired) electrons. The highest BCUT2D eigenvalue weighted by Crippen LogP contribution is 2.23. The Morgan fingerprint density at radius 1 is 1.00 bits per heavy atom. The Hall–Kier alpha value is 1.50. The van der Waals surface area contributed by atoms with E-state index >= 15 is 0 Å². The maximum absolute atomic E-state index is 2.56. The number of hydrogen-bond acceptors (Lipinski definition) is 0. The minimum Gasteiger partial charge on any atom is -0.0826 e. The maximum Gasteiger partial charge on any atom is 0.316 e. The summed E-state index contributed by atoms with van der Waals surface area (Å²) in [5.74, 6) is 0. The highest BCUT2D eigenvalue weighted by molar-refractivity contribution is 14.1. The molecule has 0 heterocycles. The van der Waals surface area contributed by atoms with Gasteiger partial charge < -0.3 is 0 Å². The normalized spacial score (nSPS) is 22.1. The van der Waals surface area contributed by atoms with Crippen LogP contribution in [0, 0.1) is 0 Å². The third-order valence-electron chi connectivity index (χ3n) is 1.53. The largest absolute Gasteiger partial charge is 0.316 e. The van der Waals surface area contributed by atoms with Crippen LogP contribution in [0.1, 0.15) is 32.1 Å². The summed E-state index contributed by atoms with van der Waals surface area (Å²) in [6.07, 6.45) is 7.39. The Morgan fingerprint density at radius 2 is 1.50 bits per heavy atom. The van der Waals surface area contributed by atoms with Gasteiger partial charge in [-0.15, -0.1) is 0 Å². The van der Waals surface area contributed by atoms with Gasteiger partial charge in [0.25, 0.3) is 0 Å². The highest BCUT2D eigenvalue weighted by Gasteiger charge is 2.07. The standard InChI is InChI=1S/C6H11I.Mg.2H/c7-6-4-2-1-3-5-6;;;/h6H,1-5H2;;;. The third kappa shape index (κ3) is 3.51. The quantitative estimate of drug-likeness (QED) is 0.342. The molecule has 0 amide bonds. The monoisotopic (exact) mass is 236 g/mol. The lowest BCUT2D eigenvalue weighted by atomic mass is 10.0. The molecule has 0 aromatic rings. The molecule has 8 heavy (non-hydrogen) atoms. The summed E-state index contributed by atoms with van der Waals surface area (Å²) in [6, 6.07) is 0. The summed E-state index contributed by atoms with van der Waals surface area (Å²) in [4.78, 5) is 0. The van der Waals surface area contributed by atoms with Gasteiger partial charge in [-0.2, -0.15) is 0 Å². The SMILES string of the molecule is IC1CCCCC1.[MgH2]. The van der Waals surface area contributed by atoms with Crippen molar-refractivity contribution in [2.45, 2.75) is 36.0 Å². The van der Waals surface area contributed by atoms with Gasteiger partial charge in [-0.25, -0.2) is 0 Å². The van der Waals surface area contributed by atoms with Crippen LogP contribution in [0.15, 0.2) is 0 Å². The molecule has 0 bridgehead atoms. The molecule has 1 aliphatic carbocycles. The van der Waals surface area contributed by atoms with Crippen LogP contribution in [0.25, 0.3) is 0 Å². The zero-order valence-electron chi connectivity index (χ0n) is 4.49. The number of hydrogen-bond donors (Lipinski definition) is 0. The van der Waals surface area contributed by atoms with Crippen LogP contribution < -0.4 is 0 Å². The van der Waals surface area contributed by atoms with E-state index in [1.807, 2.05) is 0 Å². The van der Waals surface area contributed by atoms with E-state index in [4.69, 9.17) is 0 Å². The van der Waals surface area contributed by atoms with E-state index in [1.54, 1.807) is 0 Å². The van der Waals surface area contributed by atoms with Crippen molar-refractivity contribution in [1.82, 2.24) is 0 Å². The molecule has 0 N–H and O–H groups in total. The molecule has 0 spiro atoms. The van der Waals surface area contributed by atoms with Crippen molar-refractivity contribution in [1.29, 1.82) is 0 Å². The van der Waals surface area contributed by atoms with Gasteiger partial charge in [0, 0.05) is 3.92 Å². The van der Waals surface area contributed by atoms with E-state index in [2.05, 4.69) is 22.6 Å². The van der Waals surface area contributed by atoms with Crippen molar-refractivity contribution in [3.63, 3.8) is 0 Å². The minimum atomic E-state index is 0. The van der Waals surface area contributed by atoms with Crippen molar-refractivity contribution in [2.24, 2.45) is 0 Å². The predicted octanol–water partition coefficient (Wildman–Crippen LogP) is 1.84. The van der Waals surface area contributed by atoms with E-state index in [9.17, 15) is 0 Å². The van der Waals surface area contributed by atoms with Crippen LogP contribution in [-0.2, 0) is 0 Å². The fourth-order valence-electron chi connectivity index (χ4n) is 1.05.